The van der Waals surface area contributed by atoms with Gasteiger partial charge in [0.05, 0.1) is 44.5 Å². The first-order chi connectivity index (χ1) is 22.8. The van der Waals surface area contributed by atoms with Crippen molar-refractivity contribution < 1.29 is 9.15 Å². The van der Waals surface area contributed by atoms with Gasteiger partial charge in [0.2, 0.25) is 0 Å². The van der Waals surface area contributed by atoms with E-state index in [0.717, 1.165) is 88.6 Å². The first-order valence-corrected chi connectivity index (χ1v) is 15.4. The van der Waals surface area contributed by atoms with Crippen molar-refractivity contribution in [2.75, 3.05) is 0 Å². The van der Waals surface area contributed by atoms with Crippen LogP contribution in [0.5, 0.6) is 5.75 Å². The van der Waals surface area contributed by atoms with Gasteiger partial charge in [-0.05, 0) is 91.0 Å². The third-order valence-electron chi connectivity index (χ3n) is 9.59. The van der Waals surface area contributed by atoms with E-state index in [9.17, 15) is 0 Å². The minimum Gasteiger partial charge on any atom is -0.483 e. The molecule has 1 aliphatic carbocycles. The first kappa shape index (κ1) is 24.2. The number of benzene rings is 3. The number of hydrogen-bond acceptors (Lipinski definition) is 5. The number of pyridine rings is 3. The Morgan fingerprint density at radius 1 is 0.587 bits per heavy atom. The van der Waals surface area contributed by atoms with Crippen LogP contribution >= 0.6 is 0 Å². The summed E-state index contributed by atoms with van der Waals surface area (Å²) in [6.07, 6.45) is 12.0. The summed E-state index contributed by atoms with van der Waals surface area (Å²) in [4.78, 5) is 14.5. The van der Waals surface area contributed by atoms with Gasteiger partial charge in [0.25, 0.3) is 0 Å². The topological polar surface area (TPSA) is 70.9 Å². The van der Waals surface area contributed by atoms with Gasteiger partial charge in [-0.15, -0.1) is 0 Å². The van der Waals surface area contributed by atoms with Crippen LogP contribution in [-0.2, 0) is 0 Å². The van der Waals surface area contributed by atoms with Gasteiger partial charge < -0.3 is 18.3 Å². The second-order valence-electron chi connectivity index (χ2n) is 12.0. The van der Waals surface area contributed by atoms with Gasteiger partial charge in [-0.1, -0.05) is 18.2 Å². The van der Waals surface area contributed by atoms with E-state index in [1.165, 1.54) is 0 Å². The molecule has 2 atom stereocenters. The molecule has 0 N–H and O–H groups in total. The molecule has 11 rings (SSSR count). The van der Waals surface area contributed by atoms with Crippen molar-refractivity contribution in [2.45, 2.75) is 12.0 Å². The summed E-state index contributed by atoms with van der Waals surface area (Å²) in [6.45, 7) is 0. The Morgan fingerprint density at radius 3 is 1.98 bits per heavy atom. The second-order valence-corrected chi connectivity index (χ2v) is 12.0. The van der Waals surface area contributed by atoms with Crippen molar-refractivity contribution in [1.82, 2.24) is 24.1 Å². The zero-order valence-electron chi connectivity index (χ0n) is 24.3. The molecule has 216 valence electrons. The normalized spacial score (nSPS) is 17.3. The van der Waals surface area contributed by atoms with E-state index in [1.54, 1.807) is 0 Å². The molecule has 2 aliphatic rings. The van der Waals surface area contributed by atoms with Crippen LogP contribution in [0.15, 0.2) is 132 Å². The van der Waals surface area contributed by atoms with Crippen molar-refractivity contribution >= 4 is 71.5 Å². The van der Waals surface area contributed by atoms with E-state index < -0.39 is 0 Å². The van der Waals surface area contributed by atoms with Gasteiger partial charge in [-0.3, -0.25) is 15.0 Å². The molecule has 0 saturated carbocycles. The largest absolute Gasteiger partial charge is 0.483 e. The van der Waals surface area contributed by atoms with Crippen molar-refractivity contribution in [3.8, 4) is 11.4 Å². The third-order valence-corrected chi connectivity index (χ3v) is 9.59. The second kappa shape index (κ2) is 8.70. The molecule has 0 saturated heterocycles. The molecule has 0 spiro atoms. The van der Waals surface area contributed by atoms with E-state index in [0.29, 0.717) is 0 Å². The Morgan fingerprint density at radius 2 is 1.24 bits per heavy atom. The van der Waals surface area contributed by atoms with Gasteiger partial charge >= 0.3 is 0 Å². The van der Waals surface area contributed by atoms with Crippen molar-refractivity contribution in [3.63, 3.8) is 0 Å². The van der Waals surface area contributed by atoms with Crippen molar-refractivity contribution in [2.24, 2.45) is 0 Å². The molecule has 7 heteroatoms. The molecular weight excluding hydrogens is 570 g/mol. The maximum absolute atomic E-state index is 6.99. The molecule has 7 heterocycles. The first-order valence-electron chi connectivity index (χ1n) is 15.4. The SMILES string of the molecule is C1=CC2Oc3cccnc3C2C=C1n1c2cccnc2c2c3oc4c(ccc5c4c4ncccc4n5-c4ccccc4)c3ccc21. The summed E-state index contributed by atoms with van der Waals surface area (Å²) in [6, 6.07) is 31.3. The van der Waals surface area contributed by atoms with E-state index in [1.807, 2.05) is 48.9 Å². The Hall–Kier alpha value is -6.21. The number of ether oxygens (including phenoxy) is 1. The number of rotatable bonds is 2. The molecule has 0 bridgehead atoms. The molecular formula is C39H23N5O2. The average molecular weight is 594 g/mol. The summed E-state index contributed by atoms with van der Waals surface area (Å²) in [5, 5.41) is 4.12. The smallest absolute Gasteiger partial charge is 0.147 e. The zero-order chi connectivity index (χ0) is 29.9. The molecule has 9 aromatic rings. The van der Waals surface area contributed by atoms with Crippen LogP contribution in [0.3, 0.4) is 0 Å². The summed E-state index contributed by atoms with van der Waals surface area (Å²) in [5.74, 6) is 0.889. The molecule has 1 aliphatic heterocycles. The van der Waals surface area contributed by atoms with E-state index in [2.05, 4.69) is 93.0 Å². The molecule has 2 unspecified atom stereocenters. The number of allylic oxidation sites excluding steroid dienone is 2. The fourth-order valence-electron chi connectivity index (χ4n) is 7.69. The maximum atomic E-state index is 6.99. The molecule has 0 amide bonds. The summed E-state index contributed by atoms with van der Waals surface area (Å²) < 4.78 is 17.7. The van der Waals surface area contributed by atoms with Crippen molar-refractivity contribution in [3.05, 3.63) is 134 Å². The number of para-hydroxylation sites is 1. The molecule has 46 heavy (non-hydrogen) atoms. The minimum absolute atomic E-state index is 0.0398. The number of hydrogen-bond donors (Lipinski definition) is 0. The molecule has 7 nitrogen and oxygen atoms in total. The summed E-state index contributed by atoms with van der Waals surface area (Å²) in [7, 11) is 0. The van der Waals surface area contributed by atoms with Crippen LogP contribution in [0.25, 0.3) is 77.2 Å². The van der Waals surface area contributed by atoms with Crippen LogP contribution in [0.1, 0.15) is 11.6 Å². The van der Waals surface area contributed by atoms with E-state index in [4.69, 9.17) is 19.1 Å². The molecule has 6 aromatic heterocycles. The quantitative estimate of drug-likeness (QED) is 0.200. The van der Waals surface area contributed by atoms with E-state index in [-0.39, 0.29) is 12.0 Å². The standard InChI is InChI=1S/C39H23N5O2/c1-2-7-22(8-3-1)43-27-15-13-24-25-14-16-28-34(39(25)46-38(24)33(27)36-29(43)9-4-18-41-36)37-30(10-5-19-42-37)44(28)23-12-17-31-26(21-23)35-32(45-31)11-6-20-40-35/h1-21,26,31H. The van der Waals surface area contributed by atoms with Gasteiger partial charge in [0.15, 0.2) is 0 Å². The lowest BCUT2D eigenvalue weighted by Gasteiger charge is -2.19. The molecule has 3 aromatic carbocycles. The number of aromatic nitrogens is 5. The van der Waals surface area contributed by atoms with Crippen molar-refractivity contribution in [1.29, 1.82) is 0 Å². The van der Waals surface area contributed by atoms with Gasteiger partial charge in [0.1, 0.15) is 34.1 Å². The van der Waals surface area contributed by atoms with Crippen LogP contribution in [0.4, 0.5) is 0 Å². The van der Waals surface area contributed by atoms with E-state index >= 15 is 0 Å². The van der Waals surface area contributed by atoms with Gasteiger partial charge in [-0.2, -0.15) is 0 Å². The Bertz CT molecular complexity index is 2800. The number of fused-ring (bicyclic) bond motifs is 14. The lowest BCUT2D eigenvalue weighted by atomic mass is 9.94. The highest BCUT2D eigenvalue weighted by molar-refractivity contribution is 6.28. The Kier molecular flexibility index (Phi) is 4.57. The molecule has 0 fully saturated rings. The van der Waals surface area contributed by atoms with Crippen LogP contribution in [-0.4, -0.2) is 30.2 Å². The predicted molar refractivity (Wildman–Crippen MR) is 181 cm³/mol. The molecule has 0 radical (unpaired) electrons. The highest BCUT2D eigenvalue weighted by atomic mass is 16.5. The highest BCUT2D eigenvalue weighted by Gasteiger charge is 2.35. The maximum Gasteiger partial charge on any atom is 0.147 e. The predicted octanol–water partition coefficient (Wildman–Crippen LogP) is 8.93. The number of nitrogens with zero attached hydrogens (tertiary/aromatic N) is 5. The Balaban J connectivity index is 1.21. The fraction of sp³-hybridized carbons (Fsp3) is 0.0513. The average Bonchev–Trinajstić information content (AvgIpc) is 3.85. The fourth-order valence-corrected chi connectivity index (χ4v) is 7.69. The Labute approximate surface area is 261 Å². The van der Waals surface area contributed by atoms with Crippen LogP contribution in [0, 0.1) is 0 Å². The van der Waals surface area contributed by atoms with Gasteiger partial charge in [0, 0.05) is 40.7 Å². The van der Waals surface area contributed by atoms with Crippen LogP contribution in [0.2, 0.25) is 0 Å². The zero-order valence-corrected chi connectivity index (χ0v) is 24.3. The lowest BCUT2D eigenvalue weighted by Crippen LogP contribution is -2.18. The minimum atomic E-state index is -0.0593. The highest BCUT2D eigenvalue weighted by Crippen LogP contribution is 2.46. The lowest BCUT2D eigenvalue weighted by molar-refractivity contribution is 0.269. The summed E-state index contributed by atoms with van der Waals surface area (Å²) in [5.41, 5.74) is 10.8. The third kappa shape index (κ3) is 3.04. The number of furan rings is 1. The van der Waals surface area contributed by atoms with Gasteiger partial charge in [-0.25, -0.2) is 0 Å². The van der Waals surface area contributed by atoms with Crippen LogP contribution < -0.4 is 4.74 Å². The monoisotopic (exact) mass is 593 g/mol. The summed E-state index contributed by atoms with van der Waals surface area (Å²) >= 11 is 0.